The highest BCUT2D eigenvalue weighted by Crippen LogP contribution is 2.23. The lowest BCUT2D eigenvalue weighted by Crippen LogP contribution is -2.39. The summed E-state index contributed by atoms with van der Waals surface area (Å²) < 4.78 is 14.2. The number of nitrogens with two attached hydrogens (primary N) is 1. The summed E-state index contributed by atoms with van der Waals surface area (Å²) in [6.45, 7) is 2.04. The third kappa shape index (κ3) is 3.53. The topological polar surface area (TPSA) is 49.5 Å². The van der Waals surface area contributed by atoms with Crippen LogP contribution in [0.15, 0.2) is 18.2 Å². The van der Waals surface area contributed by atoms with Gasteiger partial charge in [0, 0.05) is 36.9 Å². The number of aliphatic hydroxyl groups excluding tert-OH is 1. The molecule has 1 atom stereocenters. The minimum Gasteiger partial charge on any atom is -0.396 e. The van der Waals surface area contributed by atoms with Crippen LogP contribution in [0.25, 0.3) is 0 Å². The molecule has 2 rings (SSSR count). The number of aliphatic hydroxyl groups is 1. The van der Waals surface area contributed by atoms with E-state index in [1.54, 1.807) is 6.07 Å². The lowest BCUT2D eigenvalue weighted by atomic mass is 9.98. The van der Waals surface area contributed by atoms with Gasteiger partial charge >= 0.3 is 0 Å². The van der Waals surface area contributed by atoms with Crippen molar-refractivity contribution in [3.05, 3.63) is 35.1 Å². The van der Waals surface area contributed by atoms with Crippen LogP contribution in [0.4, 0.5) is 4.39 Å². The van der Waals surface area contributed by atoms with E-state index in [9.17, 15) is 4.39 Å². The molecule has 0 spiro atoms. The summed E-state index contributed by atoms with van der Waals surface area (Å²) in [6, 6.07) is 5.81. The van der Waals surface area contributed by atoms with Crippen LogP contribution in [-0.4, -0.2) is 29.2 Å². The summed E-state index contributed by atoms with van der Waals surface area (Å²) in [4.78, 5) is 2.29. The molecule has 0 aliphatic carbocycles. The Balaban J connectivity index is 2.10. The van der Waals surface area contributed by atoms with Crippen LogP contribution in [0.2, 0.25) is 0 Å². The average Bonchev–Trinajstić information content (AvgIpc) is 2.43. The van der Waals surface area contributed by atoms with Crippen molar-refractivity contribution in [1.82, 2.24) is 4.90 Å². The molecule has 1 heterocycles. The van der Waals surface area contributed by atoms with Gasteiger partial charge < -0.3 is 10.8 Å². The molecule has 0 amide bonds. The van der Waals surface area contributed by atoms with Crippen LogP contribution in [-0.2, 0) is 13.1 Å². The maximum atomic E-state index is 14.2. The fraction of sp³-hybridized carbons (Fsp3) is 0.600. The molecule has 106 valence electrons. The second-order valence-corrected chi connectivity index (χ2v) is 5.23. The van der Waals surface area contributed by atoms with Crippen molar-refractivity contribution >= 4 is 0 Å². The molecular weight excluding hydrogens is 243 g/mol. The predicted octanol–water partition coefficient (Wildman–Crippen LogP) is 2.02. The SMILES string of the molecule is NCc1cccc(CN2CCCCC2CCO)c1F. The van der Waals surface area contributed by atoms with E-state index in [-0.39, 0.29) is 19.0 Å². The van der Waals surface area contributed by atoms with Crippen LogP contribution in [0.3, 0.4) is 0 Å². The largest absolute Gasteiger partial charge is 0.396 e. The fourth-order valence-electron chi connectivity index (χ4n) is 2.88. The predicted molar refractivity (Wildman–Crippen MR) is 74.0 cm³/mol. The molecule has 0 saturated carbocycles. The summed E-state index contributed by atoms with van der Waals surface area (Å²) in [5.74, 6) is -0.168. The Labute approximate surface area is 114 Å². The molecule has 1 saturated heterocycles. The highest BCUT2D eigenvalue weighted by Gasteiger charge is 2.23. The molecule has 1 aromatic rings. The first kappa shape index (κ1) is 14.4. The number of benzene rings is 1. The number of hydrogen-bond donors (Lipinski definition) is 2. The first-order valence-electron chi connectivity index (χ1n) is 7.07. The number of likely N-dealkylation sites (tertiary alicyclic amines) is 1. The van der Waals surface area contributed by atoms with Crippen molar-refractivity contribution in [2.75, 3.05) is 13.2 Å². The van der Waals surface area contributed by atoms with E-state index in [4.69, 9.17) is 10.8 Å². The van der Waals surface area contributed by atoms with Crippen LogP contribution < -0.4 is 5.73 Å². The van der Waals surface area contributed by atoms with Gasteiger partial charge in [0.1, 0.15) is 5.82 Å². The molecule has 3 nitrogen and oxygen atoms in total. The Morgan fingerprint density at radius 3 is 2.84 bits per heavy atom. The fourth-order valence-corrected chi connectivity index (χ4v) is 2.88. The van der Waals surface area contributed by atoms with Gasteiger partial charge in [-0.25, -0.2) is 4.39 Å². The third-order valence-corrected chi connectivity index (χ3v) is 3.96. The summed E-state index contributed by atoms with van der Waals surface area (Å²) in [7, 11) is 0. The molecule has 1 aliphatic rings. The molecular formula is C15H23FN2O. The highest BCUT2D eigenvalue weighted by molar-refractivity contribution is 5.26. The second kappa shape index (κ2) is 6.98. The van der Waals surface area contributed by atoms with Gasteiger partial charge in [-0.2, -0.15) is 0 Å². The molecule has 0 radical (unpaired) electrons. The molecule has 1 unspecified atom stereocenters. The normalized spacial score (nSPS) is 20.7. The maximum absolute atomic E-state index is 14.2. The van der Waals surface area contributed by atoms with Crippen molar-refractivity contribution in [1.29, 1.82) is 0 Å². The number of piperidine rings is 1. The molecule has 3 N–H and O–H groups in total. The van der Waals surface area contributed by atoms with Gasteiger partial charge in [-0.3, -0.25) is 4.90 Å². The van der Waals surface area contributed by atoms with Gasteiger partial charge in [-0.1, -0.05) is 24.6 Å². The van der Waals surface area contributed by atoms with Gasteiger partial charge in [-0.15, -0.1) is 0 Å². The van der Waals surface area contributed by atoms with E-state index in [1.165, 1.54) is 6.42 Å². The van der Waals surface area contributed by atoms with E-state index >= 15 is 0 Å². The Bertz CT molecular complexity index is 409. The molecule has 1 aromatic carbocycles. The van der Waals surface area contributed by atoms with E-state index in [2.05, 4.69) is 4.90 Å². The summed E-state index contributed by atoms with van der Waals surface area (Å²) in [5.41, 5.74) is 6.83. The van der Waals surface area contributed by atoms with Gasteiger partial charge in [0.25, 0.3) is 0 Å². The van der Waals surface area contributed by atoms with Gasteiger partial charge in [0.2, 0.25) is 0 Å². The van der Waals surface area contributed by atoms with Gasteiger partial charge in [-0.05, 0) is 25.8 Å². The monoisotopic (exact) mass is 266 g/mol. The zero-order valence-corrected chi connectivity index (χ0v) is 11.3. The number of halogens is 1. The number of rotatable bonds is 5. The number of hydrogen-bond acceptors (Lipinski definition) is 3. The molecule has 0 bridgehead atoms. The smallest absolute Gasteiger partial charge is 0.132 e. The van der Waals surface area contributed by atoms with Crippen LogP contribution in [0.1, 0.15) is 36.8 Å². The Morgan fingerprint density at radius 1 is 1.32 bits per heavy atom. The first-order chi connectivity index (χ1) is 9.26. The van der Waals surface area contributed by atoms with Crippen LogP contribution in [0.5, 0.6) is 0 Å². The highest BCUT2D eigenvalue weighted by atomic mass is 19.1. The maximum Gasteiger partial charge on any atom is 0.132 e. The van der Waals surface area contributed by atoms with E-state index in [1.807, 2.05) is 12.1 Å². The lowest BCUT2D eigenvalue weighted by Gasteiger charge is -2.35. The van der Waals surface area contributed by atoms with E-state index < -0.39 is 0 Å². The molecule has 19 heavy (non-hydrogen) atoms. The molecule has 1 fully saturated rings. The van der Waals surface area contributed by atoms with Crippen LogP contribution >= 0.6 is 0 Å². The summed E-state index contributed by atoms with van der Waals surface area (Å²) >= 11 is 0. The summed E-state index contributed by atoms with van der Waals surface area (Å²) in [6.07, 6.45) is 4.23. The minimum atomic E-state index is -0.168. The van der Waals surface area contributed by atoms with Crippen molar-refractivity contribution < 1.29 is 9.50 Å². The standard InChI is InChI=1S/C15H23FN2O/c16-15-12(10-17)4-3-5-13(15)11-18-8-2-1-6-14(18)7-9-19/h3-5,14,19H,1-2,6-11,17H2. The van der Waals surface area contributed by atoms with Crippen LogP contribution in [0, 0.1) is 5.82 Å². The van der Waals surface area contributed by atoms with Crippen molar-refractivity contribution in [2.45, 2.75) is 44.8 Å². The number of nitrogens with zero attached hydrogens (tertiary/aromatic N) is 1. The van der Waals surface area contributed by atoms with Crippen molar-refractivity contribution in [3.8, 4) is 0 Å². The first-order valence-corrected chi connectivity index (χ1v) is 7.07. The quantitative estimate of drug-likeness (QED) is 0.857. The third-order valence-electron chi connectivity index (χ3n) is 3.96. The van der Waals surface area contributed by atoms with Crippen molar-refractivity contribution in [2.24, 2.45) is 5.73 Å². The average molecular weight is 266 g/mol. The van der Waals surface area contributed by atoms with E-state index in [0.29, 0.717) is 23.7 Å². The minimum absolute atomic E-state index is 0.168. The van der Waals surface area contributed by atoms with Gasteiger partial charge in [0.05, 0.1) is 0 Å². The van der Waals surface area contributed by atoms with E-state index in [0.717, 1.165) is 25.8 Å². The molecule has 0 aromatic heterocycles. The Hall–Kier alpha value is -0.970. The Kier molecular flexibility index (Phi) is 5.31. The zero-order chi connectivity index (χ0) is 13.7. The summed E-state index contributed by atoms with van der Waals surface area (Å²) in [5, 5.41) is 9.12. The Morgan fingerprint density at radius 2 is 2.11 bits per heavy atom. The second-order valence-electron chi connectivity index (χ2n) is 5.23. The van der Waals surface area contributed by atoms with Gasteiger partial charge in [0.15, 0.2) is 0 Å². The zero-order valence-electron chi connectivity index (χ0n) is 11.3. The molecule has 4 heteroatoms. The van der Waals surface area contributed by atoms with Crippen molar-refractivity contribution in [3.63, 3.8) is 0 Å². The molecule has 1 aliphatic heterocycles. The lowest BCUT2D eigenvalue weighted by molar-refractivity contribution is 0.111.